The number of hydrogen-bond donors (Lipinski definition) is 0. The van der Waals surface area contributed by atoms with Gasteiger partial charge in [0, 0.05) is 36.5 Å². The quantitative estimate of drug-likeness (QED) is 0.705. The fourth-order valence-electron chi connectivity index (χ4n) is 2.97. The van der Waals surface area contributed by atoms with Gasteiger partial charge in [0.1, 0.15) is 10.8 Å². The minimum atomic E-state index is -0.207. The Bertz CT molecular complexity index is 813. The van der Waals surface area contributed by atoms with Crippen LogP contribution in [0.1, 0.15) is 16.1 Å². The molecule has 0 unspecified atom stereocenters. The molecule has 1 aliphatic rings. The molecule has 2 aromatic carbocycles. The second-order valence-corrected chi connectivity index (χ2v) is 6.93. The number of benzene rings is 2. The molecule has 0 amide bonds. The van der Waals surface area contributed by atoms with Crippen LogP contribution in [0, 0.1) is 5.82 Å². The number of fused-ring (bicyclic) bond motifs is 1. The Labute approximate surface area is 139 Å². The van der Waals surface area contributed by atoms with Crippen molar-refractivity contribution in [2.45, 2.75) is 19.5 Å². The molecule has 0 N–H and O–H groups in total. The van der Waals surface area contributed by atoms with Gasteiger partial charge in [0.2, 0.25) is 0 Å². The molecule has 116 valence electrons. The van der Waals surface area contributed by atoms with E-state index in [2.05, 4.69) is 29.2 Å². The number of nitrogens with zero attached hydrogens (tertiary/aromatic N) is 2. The summed E-state index contributed by atoms with van der Waals surface area (Å²) in [7, 11) is 0. The fraction of sp³-hybridized carbons (Fsp3) is 0.211. The summed E-state index contributed by atoms with van der Waals surface area (Å²) >= 11 is 1.69. The van der Waals surface area contributed by atoms with Crippen LogP contribution in [-0.2, 0) is 19.5 Å². The van der Waals surface area contributed by atoms with E-state index in [1.54, 1.807) is 23.5 Å². The van der Waals surface area contributed by atoms with Crippen LogP contribution < -0.4 is 0 Å². The first-order chi connectivity index (χ1) is 11.3. The minimum Gasteiger partial charge on any atom is -0.294 e. The van der Waals surface area contributed by atoms with Crippen LogP contribution in [0.15, 0.2) is 54.6 Å². The van der Waals surface area contributed by atoms with E-state index in [1.807, 2.05) is 12.1 Å². The lowest BCUT2D eigenvalue weighted by Crippen LogP contribution is -2.29. The van der Waals surface area contributed by atoms with E-state index >= 15 is 0 Å². The molecule has 1 aromatic heterocycles. The molecule has 23 heavy (non-hydrogen) atoms. The van der Waals surface area contributed by atoms with Crippen LogP contribution in [0.25, 0.3) is 10.6 Å². The zero-order chi connectivity index (χ0) is 15.6. The third kappa shape index (κ3) is 3.19. The predicted octanol–water partition coefficient (Wildman–Crippen LogP) is 4.51. The molecule has 2 nitrogen and oxygen atoms in total. The van der Waals surface area contributed by atoms with Crippen molar-refractivity contribution in [1.82, 2.24) is 9.88 Å². The number of rotatable bonds is 3. The Morgan fingerprint density at radius 3 is 2.78 bits per heavy atom. The summed E-state index contributed by atoms with van der Waals surface area (Å²) in [6.45, 7) is 2.92. The lowest BCUT2D eigenvalue weighted by Gasteiger charge is -2.25. The summed E-state index contributed by atoms with van der Waals surface area (Å²) in [5.74, 6) is -0.207. The van der Waals surface area contributed by atoms with Gasteiger partial charge < -0.3 is 0 Å². The van der Waals surface area contributed by atoms with Crippen LogP contribution in [0.5, 0.6) is 0 Å². The summed E-state index contributed by atoms with van der Waals surface area (Å²) in [4.78, 5) is 8.49. The maximum atomic E-state index is 13.4. The predicted molar refractivity (Wildman–Crippen MR) is 91.8 cm³/mol. The fourth-order valence-corrected chi connectivity index (χ4v) is 4.12. The molecule has 0 radical (unpaired) electrons. The van der Waals surface area contributed by atoms with Gasteiger partial charge in [-0.3, -0.25) is 4.90 Å². The Hall–Kier alpha value is -2.04. The average molecular weight is 324 g/mol. The molecule has 0 spiro atoms. The van der Waals surface area contributed by atoms with Crippen molar-refractivity contribution in [3.05, 3.63) is 76.5 Å². The summed E-state index contributed by atoms with van der Waals surface area (Å²) in [6, 6.07) is 17.2. The van der Waals surface area contributed by atoms with E-state index in [4.69, 9.17) is 4.98 Å². The highest BCUT2D eigenvalue weighted by atomic mass is 32.1. The monoisotopic (exact) mass is 324 g/mol. The Morgan fingerprint density at radius 2 is 1.96 bits per heavy atom. The average Bonchev–Trinajstić information content (AvgIpc) is 2.99. The van der Waals surface area contributed by atoms with Gasteiger partial charge in [0.15, 0.2) is 0 Å². The maximum absolute atomic E-state index is 13.4. The van der Waals surface area contributed by atoms with E-state index in [0.717, 1.165) is 36.6 Å². The number of hydrogen-bond acceptors (Lipinski definition) is 3. The van der Waals surface area contributed by atoms with Gasteiger partial charge in [-0.2, -0.15) is 0 Å². The van der Waals surface area contributed by atoms with Crippen LogP contribution in [0.4, 0.5) is 4.39 Å². The van der Waals surface area contributed by atoms with E-state index in [9.17, 15) is 4.39 Å². The maximum Gasteiger partial charge on any atom is 0.124 e. The van der Waals surface area contributed by atoms with E-state index in [0.29, 0.717) is 0 Å². The molecule has 0 bridgehead atoms. The van der Waals surface area contributed by atoms with E-state index in [1.165, 1.54) is 22.2 Å². The lowest BCUT2D eigenvalue weighted by atomic mass is 10.1. The topological polar surface area (TPSA) is 16.1 Å². The highest BCUT2D eigenvalue weighted by Crippen LogP contribution is 2.32. The van der Waals surface area contributed by atoms with Crippen molar-refractivity contribution in [2.75, 3.05) is 6.54 Å². The third-order valence-electron chi connectivity index (χ3n) is 4.13. The first kappa shape index (κ1) is 14.5. The standard InChI is InChI=1S/C19H17FN2S/c20-16-8-4-7-15(11-16)19-21-17-9-10-22(13-18(17)23-19)12-14-5-2-1-3-6-14/h1-8,11H,9-10,12-13H2. The molecule has 0 fully saturated rings. The van der Waals surface area contributed by atoms with Crippen LogP contribution in [0.3, 0.4) is 0 Å². The Balaban J connectivity index is 1.54. The van der Waals surface area contributed by atoms with Crippen molar-refractivity contribution in [1.29, 1.82) is 0 Å². The molecule has 3 aromatic rings. The number of thiazole rings is 1. The largest absolute Gasteiger partial charge is 0.294 e. The second-order valence-electron chi connectivity index (χ2n) is 5.85. The highest BCUT2D eigenvalue weighted by Gasteiger charge is 2.21. The van der Waals surface area contributed by atoms with Gasteiger partial charge >= 0.3 is 0 Å². The molecular weight excluding hydrogens is 307 g/mol. The van der Waals surface area contributed by atoms with Gasteiger partial charge in [-0.25, -0.2) is 9.37 Å². The molecule has 2 heterocycles. The Morgan fingerprint density at radius 1 is 1.09 bits per heavy atom. The van der Waals surface area contributed by atoms with Gasteiger partial charge in [-0.1, -0.05) is 42.5 Å². The SMILES string of the molecule is Fc1cccc(-c2nc3c(s2)CN(Cc2ccccc2)CC3)c1. The van der Waals surface area contributed by atoms with Crippen LogP contribution in [0.2, 0.25) is 0 Å². The molecule has 0 saturated heterocycles. The molecule has 0 atom stereocenters. The molecular formula is C19H17FN2S. The highest BCUT2D eigenvalue weighted by molar-refractivity contribution is 7.15. The van der Waals surface area contributed by atoms with Crippen molar-refractivity contribution < 1.29 is 4.39 Å². The van der Waals surface area contributed by atoms with Crippen LogP contribution >= 0.6 is 11.3 Å². The summed E-state index contributed by atoms with van der Waals surface area (Å²) < 4.78 is 13.4. The normalized spacial score (nSPS) is 14.7. The molecule has 0 aliphatic carbocycles. The van der Waals surface area contributed by atoms with Gasteiger partial charge in [-0.15, -0.1) is 11.3 Å². The molecule has 0 saturated carbocycles. The van der Waals surface area contributed by atoms with Gasteiger partial charge in [-0.05, 0) is 17.7 Å². The summed E-state index contributed by atoms with van der Waals surface area (Å²) in [6.07, 6.45) is 0.966. The van der Waals surface area contributed by atoms with Crippen molar-refractivity contribution in [3.8, 4) is 10.6 Å². The summed E-state index contributed by atoms with van der Waals surface area (Å²) in [5, 5.41) is 0.927. The molecule has 4 heteroatoms. The van der Waals surface area contributed by atoms with Crippen molar-refractivity contribution in [2.24, 2.45) is 0 Å². The van der Waals surface area contributed by atoms with E-state index in [-0.39, 0.29) is 5.82 Å². The first-order valence-corrected chi connectivity index (χ1v) is 8.60. The molecule has 1 aliphatic heterocycles. The number of aromatic nitrogens is 1. The van der Waals surface area contributed by atoms with E-state index < -0.39 is 0 Å². The van der Waals surface area contributed by atoms with Gasteiger partial charge in [0.05, 0.1) is 5.69 Å². The zero-order valence-electron chi connectivity index (χ0n) is 12.7. The Kier molecular flexibility index (Phi) is 3.93. The van der Waals surface area contributed by atoms with Crippen LogP contribution in [-0.4, -0.2) is 16.4 Å². The van der Waals surface area contributed by atoms with Crippen molar-refractivity contribution >= 4 is 11.3 Å². The minimum absolute atomic E-state index is 0.207. The second kappa shape index (κ2) is 6.22. The lowest BCUT2D eigenvalue weighted by molar-refractivity contribution is 0.247. The first-order valence-electron chi connectivity index (χ1n) is 7.79. The third-order valence-corrected chi connectivity index (χ3v) is 5.26. The van der Waals surface area contributed by atoms with Crippen molar-refractivity contribution in [3.63, 3.8) is 0 Å². The van der Waals surface area contributed by atoms with Gasteiger partial charge in [0.25, 0.3) is 0 Å². The smallest absolute Gasteiger partial charge is 0.124 e. The summed E-state index contributed by atoms with van der Waals surface area (Å²) in [5.41, 5.74) is 3.39. The zero-order valence-corrected chi connectivity index (χ0v) is 13.5. The number of halogens is 1. The molecule has 4 rings (SSSR count).